The molecule has 2 aromatic rings. The van der Waals surface area contributed by atoms with Crippen molar-refractivity contribution < 1.29 is 17.7 Å². The molecule has 1 atom stereocenters. The summed E-state index contributed by atoms with van der Waals surface area (Å²) in [6.07, 6.45) is 10.5. The smallest absolute Gasteiger partial charge is 0.243 e. The molecule has 2 saturated heterocycles. The number of nitrogens with zero attached hydrogens (tertiary/aromatic N) is 4. The summed E-state index contributed by atoms with van der Waals surface area (Å²) < 4.78 is 32.6. The van der Waals surface area contributed by atoms with Crippen LogP contribution >= 0.6 is 0 Å². The minimum Gasteiger partial charge on any atom is -0.342 e. The molecule has 1 saturated carbocycles. The van der Waals surface area contributed by atoms with Crippen LogP contribution in [-0.2, 0) is 14.8 Å². The molecule has 184 valence electrons. The largest absolute Gasteiger partial charge is 0.342 e. The minimum atomic E-state index is -3.44. The van der Waals surface area contributed by atoms with Gasteiger partial charge in [0.15, 0.2) is 0 Å². The maximum atomic E-state index is 12.8. The van der Waals surface area contributed by atoms with Crippen LogP contribution in [-0.4, -0.2) is 59.8 Å². The molecule has 1 amide bonds. The second-order valence-electron chi connectivity index (χ2n) is 9.96. The zero-order chi connectivity index (χ0) is 23.5. The van der Waals surface area contributed by atoms with Gasteiger partial charge < -0.3 is 9.42 Å². The van der Waals surface area contributed by atoms with E-state index in [0.29, 0.717) is 42.7 Å². The van der Waals surface area contributed by atoms with Crippen molar-refractivity contribution in [2.75, 3.05) is 26.2 Å². The molecule has 8 nitrogen and oxygen atoms in total. The van der Waals surface area contributed by atoms with Gasteiger partial charge in [-0.25, -0.2) is 8.42 Å². The number of rotatable bonds is 7. The van der Waals surface area contributed by atoms with E-state index >= 15 is 0 Å². The summed E-state index contributed by atoms with van der Waals surface area (Å²) in [5, 5.41) is 4.14. The Morgan fingerprint density at radius 1 is 0.971 bits per heavy atom. The van der Waals surface area contributed by atoms with Crippen molar-refractivity contribution >= 4 is 15.9 Å². The summed E-state index contributed by atoms with van der Waals surface area (Å²) >= 11 is 0. The molecule has 0 spiro atoms. The van der Waals surface area contributed by atoms with E-state index in [2.05, 4.69) is 10.1 Å². The minimum absolute atomic E-state index is 0.0419. The van der Waals surface area contributed by atoms with E-state index in [9.17, 15) is 13.2 Å². The van der Waals surface area contributed by atoms with Crippen molar-refractivity contribution in [3.63, 3.8) is 0 Å². The van der Waals surface area contributed by atoms with Crippen molar-refractivity contribution in [1.29, 1.82) is 0 Å². The van der Waals surface area contributed by atoms with Gasteiger partial charge in [-0.15, -0.1) is 0 Å². The van der Waals surface area contributed by atoms with Crippen LogP contribution in [0.5, 0.6) is 0 Å². The van der Waals surface area contributed by atoms with Crippen molar-refractivity contribution in [2.45, 2.75) is 75.0 Å². The number of carbonyl (C=O) groups is 1. The number of hydrogen-bond acceptors (Lipinski definition) is 6. The Morgan fingerprint density at radius 3 is 2.44 bits per heavy atom. The first-order chi connectivity index (χ1) is 16.5. The van der Waals surface area contributed by atoms with E-state index in [0.717, 1.165) is 50.1 Å². The average Bonchev–Trinajstić information content (AvgIpc) is 3.65. The Morgan fingerprint density at radius 2 is 1.71 bits per heavy atom. The van der Waals surface area contributed by atoms with Gasteiger partial charge in [-0.2, -0.15) is 9.29 Å². The van der Waals surface area contributed by atoms with E-state index in [1.54, 1.807) is 28.6 Å². The summed E-state index contributed by atoms with van der Waals surface area (Å²) in [4.78, 5) is 19.6. The topological polar surface area (TPSA) is 96.6 Å². The summed E-state index contributed by atoms with van der Waals surface area (Å²) in [5.74, 6) is 2.01. The third-order valence-electron chi connectivity index (χ3n) is 7.62. The first-order valence-electron chi connectivity index (χ1n) is 12.7. The monoisotopic (exact) mass is 486 g/mol. The molecule has 1 unspecified atom stereocenters. The van der Waals surface area contributed by atoms with Gasteiger partial charge >= 0.3 is 0 Å². The fourth-order valence-corrected chi connectivity index (χ4v) is 7.08. The van der Waals surface area contributed by atoms with Crippen LogP contribution in [0, 0.1) is 5.92 Å². The zero-order valence-electron chi connectivity index (χ0n) is 19.7. The molecule has 1 aromatic heterocycles. The number of carbonyl (C=O) groups excluding carboxylic acids is 1. The van der Waals surface area contributed by atoms with Crippen LogP contribution < -0.4 is 0 Å². The van der Waals surface area contributed by atoms with Crippen LogP contribution in [0.2, 0.25) is 0 Å². The quantitative estimate of drug-likeness (QED) is 0.582. The molecule has 2 aliphatic heterocycles. The second-order valence-corrected chi connectivity index (χ2v) is 11.9. The highest BCUT2D eigenvalue weighted by Crippen LogP contribution is 2.31. The lowest BCUT2D eigenvalue weighted by Crippen LogP contribution is -2.39. The highest BCUT2D eigenvalue weighted by molar-refractivity contribution is 7.89. The molecule has 1 aliphatic carbocycles. The van der Waals surface area contributed by atoms with Crippen molar-refractivity contribution in [2.24, 2.45) is 5.92 Å². The molecule has 9 heteroatoms. The van der Waals surface area contributed by atoms with Crippen molar-refractivity contribution in [3.05, 3.63) is 30.2 Å². The van der Waals surface area contributed by atoms with Crippen LogP contribution in [0.4, 0.5) is 0 Å². The molecule has 3 heterocycles. The number of sulfonamides is 1. The molecule has 34 heavy (non-hydrogen) atoms. The Hall–Kier alpha value is -2.26. The van der Waals surface area contributed by atoms with E-state index in [-0.39, 0.29) is 11.8 Å². The molecular formula is C25H34N4O4S. The van der Waals surface area contributed by atoms with Gasteiger partial charge in [0.1, 0.15) is 0 Å². The summed E-state index contributed by atoms with van der Waals surface area (Å²) in [7, 11) is -3.44. The Kier molecular flexibility index (Phi) is 7.01. The SMILES string of the molecule is O=C(CCC1CCCC1)N1CCCC(c2nc(-c3ccc(S(=O)(=O)N4CCCC4)cc3)no2)C1. The summed E-state index contributed by atoms with van der Waals surface area (Å²) in [6.45, 7) is 2.59. The van der Waals surface area contributed by atoms with Gasteiger partial charge in [0.05, 0.1) is 10.8 Å². The third kappa shape index (κ3) is 5.05. The average molecular weight is 487 g/mol. The zero-order valence-corrected chi connectivity index (χ0v) is 20.5. The number of hydrogen-bond donors (Lipinski definition) is 0. The number of piperidine rings is 1. The van der Waals surface area contributed by atoms with Crippen LogP contribution in [0.3, 0.4) is 0 Å². The summed E-state index contributed by atoms with van der Waals surface area (Å²) in [6, 6.07) is 6.70. The Balaban J connectivity index is 1.21. The lowest BCUT2D eigenvalue weighted by molar-refractivity contribution is -0.132. The van der Waals surface area contributed by atoms with E-state index in [4.69, 9.17) is 4.52 Å². The van der Waals surface area contributed by atoms with E-state index in [1.165, 1.54) is 25.7 Å². The third-order valence-corrected chi connectivity index (χ3v) is 9.53. The van der Waals surface area contributed by atoms with Gasteiger partial charge in [-0.1, -0.05) is 30.8 Å². The molecule has 3 aliphatic rings. The van der Waals surface area contributed by atoms with Crippen molar-refractivity contribution in [3.8, 4) is 11.4 Å². The highest BCUT2D eigenvalue weighted by atomic mass is 32.2. The van der Waals surface area contributed by atoms with E-state index < -0.39 is 10.0 Å². The van der Waals surface area contributed by atoms with Gasteiger partial charge in [-0.05, 0) is 62.3 Å². The lowest BCUT2D eigenvalue weighted by Gasteiger charge is -2.31. The first kappa shape index (κ1) is 23.5. The van der Waals surface area contributed by atoms with Gasteiger partial charge in [0, 0.05) is 38.2 Å². The van der Waals surface area contributed by atoms with Crippen LogP contribution in [0.1, 0.15) is 76.0 Å². The molecule has 3 fully saturated rings. The second kappa shape index (κ2) is 10.2. The fraction of sp³-hybridized carbons (Fsp3) is 0.640. The Labute approximate surface area is 201 Å². The molecule has 0 bridgehead atoms. The summed E-state index contributed by atoms with van der Waals surface area (Å²) in [5.41, 5.74) is 0.718. The molecule has 1 aromatic carbocycles. The molecular weight excluding hydrogens is 452 g/mol. The normalized spacial score (nSPS) is 22.5. The van der Waals surface area contributed by atoms with Crippen molar-refractivity contribution in [1.82, 2.24) is 19.3 Å². The molecule has 5 rings (SSSR count). The molecule has 0 N–H and O–H groups in total. The molecule has 0 radical (unpaired) electrons. The van der Waals surface area contributed by atoms with Gasteiger partial charge in [-0.3, -0.25) is 4.79 Å². The number of likely N-dealkylation sites (tertiary alicyclic amines) is 1. The highest BCUT2D eigenvalue weighted by Gasteiger charge is 2.30. The van der Waals surface area contributed by atoms with E-state index in [1.807, 2.05) is 4.90 Å². The van der Waals surface area contributed by atoms with Crippen LogP contribution in [0.25, 0.3) is 11.4 Å². The predicted octanol–water partition coefficient (Wildman–Crippen LogP) is 4.20. The van der Waals surface area contributed by atoms with Crippen LogP contribution in [0.15, 0.2) is 33.7 Å². The Bertz CT molecular complexity index is 1090. The maximum absolute atomic E-state index is 12.8. The predicted molar refractivity (Wildman–Crippen MR) is 127 cm³/mol. The lowest BCUT2D eigenvalue weighted by atomic mass is 9.96. The van der Waals surface area contributed by atoms with Gasteiger partial charge in [0.2, 0.25) is 27.6 Å². The standard InChI is InChI=1S/C25H34N4O4S/c30-23(14-9-19-6-1-2-7-19)28-15-5-8-21(18-28)25-26-24(27-33-25)20-10-12-22(13-11-20)34(31,32)29-16-3-4-17-29/h10-13,19,21H,1-9,14-18H2. The number of amides is 1. The van der Waals surface area contributed by atoms with Gasteiger partial charge in [0.25, 0.3) is 0 Å². The fourth-order valence-electron chi connectivity index (χ4n) is 5.56. The number of benzene rings is 1. The first-order valence-corrected chi connectivity index (χ1v) is 14.2. The maximum Gasteiger partial charge on any atom is 0.243 e. The number of aromatic nitrogens is 2.